The highest BCUT2D eigenvalue weighted by Gasteiger charge is 2.18. The molecule has 1 aliphatic heterocycles. The van der Waals surface area contributed by atoms with Crippen LogP contribution in [0, 0.1) is 0 Å². The van der Waals surface area contributed by atoms with E-state index in [0.29, 0.717) is 19.8 Å². The fourth-order valence-electron chi connectivity index (χ4n) is 3.33. The molecule has 1 saturated heterocycles. The lowest BCUT2D eigenvalue weighted by Crippen LogP contribution is -2.19. The van der Waals surface area contributed by atoms with Crippen LogP contribution in [0.1, 0.15) is 23.0 Å². The van der Waals surface area contributed by atoms with Crippen molar-refractivity contribution in [2.24, 2.45) is 0 Å². The van der Waals surface area contributed by atoms with E-state index in [1.165, 1.54) is 0 Å². The Balaban J connectivity index is 1.38. The molecule has 3 aromatic rings. The van der Waals surface area contributed by atoms with E-state index in [9.17, 15) is 4.79 Å². The Morgan fingerprint density at radius 3 is 2.43 bits per heavy atom. The molecule has 30 heavy (non-hydrogen) atoms. The molecule has 2 N–H and O–H groups in total. The van der Waals surface area contributed by atoms with Gasteiger partial charge in [0.15, 0.2) is 6.29 Å². The SMILES string of the molecule is O=C(O)NCc1cccc(-c2ccc(OCc3cccc(C4OCCO4)c3)cc2)c1. The molecular weight excluding hydrogens is 382 g/mol. The van der Waals surface area contributed by atoms with Gasteiger partial charge in [0.2, 0.25) is 0 Å². The van der Waals surface area contributed by atoms with E-state index in [0.717, 1.165) is 33.6 Å². The Kier molecular flexibility index (Phi) is 6.27. The normalized spacial score (nSPS) is 13.9. The van der Waals surface area contributed by atoms with Gasteiger partial charge in [-0.15, -0.1) is 0 Å². The molecule has 1 heterocycles. The molecule has 0 aromatic heterocycles. The zero-order valence-electron chi connectivity index (χ0n) is 16.4. The van der Waals surface area contributed by atoms with Crippen LogP contribution in [0.3, 0.4) is 0 Å². The lowest BCUT2D eigenvalue weighted by molar-refractivity contribution is -0.0441. The van der Waals surface area contributed by atoms with Gasteiger partial charge in [-0.3, -0.25) is 0 Å². The van der Waals surface area contributed by atoms with Crippen LogP contribution in [-0.4, -0.2) is 24.4 Å². The predicted octanol–water partition coefficient (Wildman–Crippen LogP) is 4.75. The van der Waals surface area contributed by atoms with Gasteiger partial charge in [-0.25, -0.2) is 4.79 Å². The summed E-state index contributed by atoms with van der Waals surface area (Å²) in [5.74, 6) is 0.779. The maximum Gasteiger partial charge on any atom is 0.404 e. The Morgan fingerprint density at radius 2 is 1.67 bits per heavy atom. The third kappa shape index (κ3) is 5.17. The molecule has 0 bridgehead atoms. The summed E-state index contributed by atoms with van der Waals surface area (Å²) < 4.78 is 17.0. The number of rotatable bonds is 7. The van der Waals surface area contributed by atoms with Crippen LogP contribution in [0.15, 0.2) is 72.8 Å². The number of hydrogen-bond donors (Lipinski definition) is 2. The molecule has 1 amide bonds. The lowest BCUT2D eigenvalue weighted by atomic mass is 10.0. The van der Waals surface area contributed by atoms with Crippen molar-refractivity contribution in [3.05, 3.63) is 89.5 Å². The van der Waals surface area contributed by atoms with Gasteiger partial charge in [0, 0.05) is 12.1 Å². The van der Waals surface area contributed by atoms with E-state index >= 15 is 0 Å². The zero-order chi connectivity index (χ0) is 20.8. The standard InChI is InChI=1S/C24H23NO5/c26-24(27)25-15-17-3-1-5-20(13-17)19-7-9-22(10-8-19)30-16-18-4-2-6-21(14-18)23-28-11-12-29-23/h1-10,13-14,23,25H,11-12,15-16H2,(H,26,27). The van der Waals surface area contributed by atoms with Crippen molar-refractivity contribution < 1.29 is 24.1 Å². The minimum atomic E-state index is -1.03. The van der Waals surface area contributed by atoms with Crippen molar-refractivity contribution in [1.82, 2.24) is 5.32 Å². The van der Waals surface area contributed by atoms with Crippen molar-refractivity contribution in [2.75, 3.05) is 13.2 Å². The molecule has 0 unspecified atom stereocenters. The molecule has 0 saturated carbocycles. The van der Waals surface area contributed by atoms with E-state index in [4.69, 9.17) is 19.3 Å². The van der Waals surface area contributed by atoms with Crippen molar-refractivity contribution in [1.29, 1.82) is 0 Å². The van der Waals surface area contributed by atoms with Crippen LogP contribution in [0.4, 0.5) is 4.79 Å². The lowest BCUT2D eigenvalue weighted by Gasteiger charge is -2.12. The van der Waals surface area contributed by atoms with Crippen LogP contribution in [-0.2, 0) is 22.6 Å². The first-order valence-corrected chi connectivity index (χ1v) is 9.78. The number of benzene rings is 3. The molecule has 0 radical (unpaired) electrons. The summed E-state index contributed by atoms with van der Waals surface area (Å²) in [5.41, 5.74) is 5.02. The molecule has 0 atom stereocenters. The summed E-state index contributed by atoms with van der Waals surface area (Å²) in [4.78, 5) is 10.7. The van der Waals surface area contributed by atoms with Gasteiger partial charge in [0.1, 0.15) is 12.4 Å². The average molecular weight is 405 g/mol. The molecule has 0 spiro atoms. The topological polar surface area (TPSA) is 77.0 Å². The Morgan fingerprint density at radius 1 is 0.933 bits per heavy atom. The van der Waals surface area contributed by atoms with Crippen LogP contribution in [0.25, 0.3) is 11.1 Å². The predicted molar refractivity (Wildman–Crippen MR) is 112 cm³/mol. The molecule has 154 valence electrons. The Bertz CT molecular complexity index is 996. The highest BCUT2D eigenvalue weighted by atomic mass is 16.7. The van der Waals surface area contributed by atoms with E-state index in [-0.39, 0.29) is 12.8 Å². The summed E-state index contributed by atoms with van der Waals surface area (Å²) in [5, 5.41) is 11.1. The fourth-order valence-corrected chi connectivity index (χ4v) is 3.33. The van der Waals surface area contributed by atoms with E-state index in [1.54, 1.807) is 0 Å². The van der Waals surface area contributed by atoms with Gasteiger partial charge in [-0.1, -0.05) is 48.5 Å². The number of carboxylic acid groups (broad SMARTS) is 1. The molecular formula is C24H23NO5. The molecule has 4 rings (SSSR count). The van der Waals surface area contributed by atoms with Crippen LogP contribution in [0.2, 0.25) is 0 Å². The second kappa shape index (κ2) is 9.43. The number of carbonyl (C=O) groups is 1. The van der Waals surface area contributed by atoms with Gasteiger partial charge < -0.3 is 24.6 Å². The quantitative estimate of drug-likeness (QED) is 0.593. The fraction of sp³-hybridized carbons (Fsp3) is 0.208. The maximum atomic E-state index is 10.7. The summed E-state index contributed by atoms with van der Waals surface area (Å²) in [7, 11) is 0. The third-order valence-corrected chi connectivity index (χ3v) is 4.81. The van der Waals surface area contributed by atoms with Gasteiger partial charge in [0.05, 0.1) is 13.2 Å². The minimum Gasteiger partial charge on any atom is -0.489 e. The second-order valence-corrected chi connectivity index (χ2v) is 6.99. The first-order valence-electron chi connectivity index (χ1n) is 9.78. The number of ether oxygens (including phenoxy) is 3. The molecule has 0 aliphatic carbocycles. The van der Waals surface area contributed by atoms with Gasteiger partial charge in [0.25, 0.3) is 0 Å². The van der Waals surface area contributed by atoms with E-state index < -0.39 is 6.09 Å². The molecule has 1 fully saturated rings. The molecule has 6 nitrogen and oxygen atoms in total. The highest BCUT2D eigenvalue weighted by Crippen LogP contribution is 2.26. The second-order valence-electron chi connectivity index (χ2n) is 6.99. The van der Waals surface area contributed by atoms with Crippen molar-refractivity contribution in [2.45, 2.75) is 19.4 Å². The smallest absolute Gasteiger partial charge is 0.404 e. The van der Waals surface area contributed by atoms with Crippen LogP contribution >= 0.6 is 0 Å². The van der Waals surface area contributed by atoms with Crippen molar-refractivity contribution >= 4 is 6.09 Å². The van der Waals surface area contributed by atoms with Gasteiger partial charge in [-0.2, -0.15) is 0 Å². The van der Waals surface area contributed by atoms with Crippen molar-refractivity contribution in [3.8, 4) is 16.9 Å². The summed E-state index contributed by atoms with van der Waals surface area (Å²) in [6.07, 6.45) is -1.32. The highest BCUT2D eigenvalue weighted by molar-refractivity contribution is 5.66. The third-order valence-electron chi connectivity index (χ3n) is 4.81. The van der Waals surface area contributed by atoms with Crippen LogP contribution < -0.4 is 10.1 Å². The van der Waals surface area contributed by atoms with Crippen LogP contribution in [0.5, 0.6) is 5.75 Å². The first kappa shape index (κ1) is 19.9. The monoisotopic (exact) mass is 405 g/mol. The number of hydrogen-bond acceptors (Lipinski definition) is 4. The number of nitrogens with one attached hydrogen (secondary N) is 1. The minimum absolute atomic E-state index is 0.278. The largest absolute Gasteiger partial charge is 0.489 e. The molecule has 6 heteroatoms. The average Bonchev–Trinajstić information content (AvgIpc) is 3.32. The van der Waals surface area contributed by atoms with Gasteiger partial charge >= 0.3 is 6.09 Å². The van der Waals surface area contributed by atoms with Gasteiger partial charge in [-0.05, 0) is 46.5 Å². The zero-order valence-corrected chi connectivity index (χ0v) is 16.4. The molecule has 3 aromatic carbocycles. The van der Waals surface area contributed by atoms with E-state index in [2.05, 4.69) is 5.32 Å². The summed E-state index contributed by atoms with van der Waals surface area (Å²) in [6.45, 7) is 1.98. The number of amides is 1. The van der Waals surface area contributed by atoms with Crippen molar-refractivity contribution in [3.63, 3.8) is 0 Å². The first-order chi connectivity index (χ1) is 14.7. The molecule has 1 aliphatic rings. The Labute approximate surface area is 175 Å². The maximum absolute atomic E-state index is 10.7. The summed E-state index contributed by atoms with van der Waals surface area (Å²) in [6, 6.07) is 23.7. The van der Waals surface area contributed by atoms with E-state index in [1.807, 2.05) is 72.8 Å². The summed E-state index contributed by atoms with van der Waals surface area (Å²) >= 11 is 0. The Hall–Kier alpha value is -3.35.